The largest absolute Gasteiger partial charge is 0.490 e. The number of nitrogens with zero attached hydrogens (tertiary/aromatic N) is 2. The summed E-state index contributed by atoms with van der Waals surface area (Å²) < 4.78 is 34.8. The number of benzene rings is 2. The number of hydrogen-bond acceptors (Lipinski definition) is 7. The van der Waals surface area contributed by atoms with Gasteiger partial charge in [0.05, 0.1) is 13.2 Å². The molecule has 164 valence electrons. The monoisotopic (exact) mass is 429 g/mol. The Labute approximate surface area is 179 Å². The van der Waals surface area contributed by atoms with E-state index in [0.29, 0.717) is 48.1 Å². The summed E-state index contributed by atoms with van der Waals surface area (Å²) in [5, 5.41) is 10.4. The second kappa shape index (κ2) is 10.4. The molecule has 0 radical (unpaired) electrons. The van der Waals surface area contributed by atoms with E-state index in [1.54, 1.807) is 25.1 Å². The molecule has 0 aliphatic heterocycles. The molecular weight excluding hydrogens is 405 g/mol. The molecule has 3 rings (SSSR count). The van der Waals surface area contributed by atoms with Crippen molar-refractivity contribution >= 4 is 11.7 Å². The molecule has 0 bridgehead atoms. The van der Waals surface area contributed by atoms with Crippen LogP contribution in [0.4, 0.5) is 10.2 Å². The van der Waals surface area contributed by atoms with Crippen LogP contribution in [0.3, 0.4) is 0 Å². The van der Waals surface area contributed by atoms with Gasteiger partial charge in [0.1, 0.15) is 11.6 Å². The zero-order valence-electron chi connectivity index (χ0n) is 17.6. The summed E-state index contributed by atoms with van der Waals surface area (Å²) in [5.74, 6) is 0.874. The van der Waals surface area contributed by atoms with E-state index in [4.69, 9.17) is 18.8 Å². The number of halogens is 1. The van der Waals surface area contributed by atoms with Crippen LogP contribution in [0.25, 0.3) is 11.3 Å². The lowest BCUT2D eigenvalue weighted by Gasteiger charge is -2.16. The number of hydrogen-bond donors (Lipinski definition) is 1. The van der Waals surface area contributed by atoms with E-state index in [9.17, 15) is 9.18 Å². The second-order valence-electron chi connectivity index (χ2n) is 6.45. The Morgan fingerprint density at radius 1 is 1.03 bits per heavy atom. The fraction of sp³-hybridized carbons (Fsp3) is 0.318. The molecule has 0 spiro atoms. The molecule has 0 fully saturated rings. The minimum Gasteiger partial charge on any atom is -0.490 e. The number of ether oxygens (including phenoxy) is 3. The first-order valence-electron chi connectivity index (χ1n) is 10.0. The van der Waals surface area contributed by atoms with Crippen LogP contribution in [0.15, 0.2) is 47.1 Å². The van der Waals surface area contributed by atoms with Gasteiger partial charge in [0, 0.05) is 5.56 Å². The highest BCUT2D eigenvalue weighted by molar-refractivity contribution is 5.96. The van der Waals surface area contributed by atoms with E-state index in [1.165, 1.54) is 24.3 Å². The minimum absolute atomic E-state index is 0.151. The van der Waals surface area contributed by atoms with E-state index in [0.717, 1.165) is 0 Å². The van der Waals surface area contributed by atoms with E-state index in [2.05, 4.69) is 15.6 Å². The quantitative estimate of drug-likeness (QED) is 0.508. The van der Waals surface area contributed by atoms with Gasteiger partial charge in [-0.25, -0.2) is 9.02 Å². The molecule has 1 amide bonds. The first-order chi connectivity index (χ1) is 15.0. The fourth-order valence-electron chi connectivity index (χ4n) is 2.86. The maximum atomic E-state index is 13.1. The number of carbonyl (C=O) groups is 1. The van der Waals surface area contributed by atoms with Crippen LogP contribution in [-0.4, -0.2) is 35.5 Å². The lowest BCUT2D eigenvalue weighted by molar-refractivity contribution is -0.122. The molecule has 31 heavy (non-hydrogen) atoms. The Morgan fingerprint density at radius 3 is 2.42 bits per heavy atom. The van der Waals surface area contributed by atoms with Gasteiger partial charge < -0.3 is 19.5 Å². The molecule has 2 aromatic carbocycles. The first-order valence-corrected chi connectivity index (χ1v) is 10.0. The highest BCUT2D eigenvalue weighted by atomic mass is 19.1. The van der Waals surface area contributed by atoms with E-state index >= 15 is 0 Å². The number of nitrogens with one attached hydrogen (secondary N) is 1. The highest BCUT2D eigenvalue weighted by Gasteiger charge is 2.23. The van der Waals surface area contributed by atoms with Gasteiger partial charge in [0.15, 0.2) is 23.3 Å². The fourth-order valence-corrected chi connectivity index (χ4v) is 2.86. The average molecular weight is 429 g/mol. The van der Waals surface area contributed by atoms with Crippen LogP contribution >= 0.6 is 0 Å². The predicted octanol–water partition coefficient (Wildman–Crippen LogP) is 4.47. The molecular formula is C22H24FN3O5. The summed E-state index contributed by atoms with van der Waals surface area (Å²) in [5.41, 5.74) is 0.977. The number of rotatable bonds is 10. The number of amides is 1. The van der Waals surface area contributed by atoms with Crippen LogP contribution in [0.2, 0.25) is 0 Å². The lowest BCUT2D eigenvalue weighted by Crippen LogP contribution is -2.32. The second-order valence-corrected chi connectivity index (χ2v) is 6.45. The van der Waals surface area contributed by atoms with Gasteiger partial charge in [0.25, 0.3) is 5.91 Å². The molecule has 0 saturated carbocycles. The normalized spacial score (nSPS) is 11.6. The maximum absolute atomic E-state index is 13.1. The Balaban J connectivity index is 1.78. The van der Waals surface area contributed by atoms with Crippen molar-refractivity contribution in [2.24, 2.45) is 0 Å². The molecule has 1 aromatic heterocycles. The molecule has 1 N–H and O–H groups in total. The van der Waals surface area contributed by atoms with Crippen molar-refractivity contribution in [1.82, 2.24) is 10.3 Å². The van der Waals surface area contributed by atoms with Crippen molar-refractivity contribution in [3.05, 3.63) is 48.3 Å². The van der Waals surface area contributed by atoms with Crippen molar-refractivity contribution in [2.75, 3.05) is 18.5 Å². The van der Waals surface area contributed by atoms with Crippen molar-refractivity contribution < 1.29 is 28.0 Å². The molecule has 0 saturated heterocycles. The number of anilines is 1. The summed E-state index contributed by atoms with van der Waals surface area (Å²) >= 11 is 0. The van der Waals surface area contributed by atoms with Crippen molar-refractivity contribution in [1.29, 1.82) is 0 Å². The van der Waals surface area contributed by atoms with Gasteiger partial charge in [-0.1, -0.05) is 6.92 Å². The Kier molecular flexibility index (Phi) is 7.42. The Bertz CT molecular complexity index is 1010. The number of carbonyl (C=O) groups excluding carboxylic acids is 1. The summed E-state index contributed by atoms with van der Waals surface area (Å²) in [7, 11) is 0. The summed E-state index contributed by atoms with van der Waals surface area (Å²) in [4.78, 5) is 12.7. The van der Waals surface area contributed by atoms with Crippen LogP contribution in [-0.2, 0) is 4.79 Å². The third-order valence-electron chi connectivity index (χ3n) is 4.30. The van der Waals surface area contributed by atoms with E-state index in [-0.39, 0.29) is 11.6 Å². The standard InChI is InChI=1S/C22H24FN3O5/c1-4-17(30-16-10-8-15(23)9-11-16)22(27)24-21-20(25-31-26-21)14-7-12-18(28-5-2)19(13-14)29-6-3/h7-13,17H,4-6H2,1-3H3,(H,24,26,27)/t17-/m1/s1. The minimum atomic E-state index is -0.811. The maximum Gasteiger partial charge on any atom is 0.266 e. The van der Waals surface area contributed by atoms with Crippen LogP contribution < -0.4 is 19.5 Å². The van der Waals surface area contributed by atoms with Crippen molar-refractivity contribution in [3.63, 3.8) is 0 Å². The molecule has 8 nitrogen and oxygen atoms in total. The van der Waals surface area contributed by atoms with Crippen LogP contribution in [0.1, 0.15) is 27.2 Å². The molecule has 9 heteroatoms. The number of aromatic nitrogens is 2. The third-order valence-corrected chi connectivity index (χ3v) is 4.30. The smallest absolute Gasteiger partial charge is 0.266 e. The molecule has 0 aliphatic rings. The van der Waals surface area contributed by atoms with Gasteiger partial charge in [-0.15, -0.1) is 0 Å². The molecule has 1 heterocycles. The predicted molar refractivity (Wildman–Crippen MR) is 112 cm³/mol. The molecule has 0 unspecified atom stereocenters. The summed E-state index contributed by atoms with van der Waals surface area (Å²) in [6, 6.07) is 10.7. The Hall–Kier alpha value is -3.62. The molecule has 3 aromatic rings. The Morgan fingerprint density at radius 2 is 1.74 bits per heavy atom. The van der Waals surface area contributed by atoms with Gasteiger partial charge >= 0.3 is 0 Å². The van der Waals surface area contributed by atoms with Crippen LogP contribution in [0.5, 0.6) is 17.2 Å². The summed E-state index contributed by atoms with van der Waals surface area (Å²) in [6.07, 6.45) is -0.421. The zero-order chi connectivity index (χ0) is 22.2. The van der Waals surface area contributed by atoms with Gasteiger partial charge in [0.2, 0.25) is 5.82 Å². The van der Waals surface area contributed by atoms with E-state index < -0.39 is 12.0 Å². The van der Waals surface area contributed by atoms with Gasteiger partial charge in [-0.05, 0) is 73.0 Å². The molecule has 0 aliphatic carbocycles. The van der Waals surface area contributed by atoms with E-state index in [1.807, 2.05) is 13.8 Å². The zero-order valence-corrected chi connectivity index (χ0v) is 17.6. The topological polar surface area (TPSA) is 95.7 Å². The average Bonchev–Trinajstić information content (AvgIpc) is 3.23. The van der Waals surface area contributed by atoms with Crippen molar-refractivity contribution in [2.45, 2.75) is 33.3 Å². The SMILES string of the molecule is CCOc1ccc(-c2nonc2NC(=O)[C@@H](CC)Oc2ccc(F)cc2)cc1OCC. The summed E-state index contributed by atoms with van der Waals surface area (Å²) in [6.45, 7) is 6.52. The highest BCUT2D eigenvalue weighted by Crippen LogP contribution is 2.34. The molecule has 1 atom stereocenters. The lowest BCUT2D eigenvalue weighted by atomic mass is 10.1. The van der Waals surface area contributed by atoms with Crippen molar-refractivity contribution in [3.8, 4) is 28.5 Å². The third kappa shape index (κ3) is 5.50. The van der Waals surface area contributed by atoms with Gasteiger partial charge in [-0.2, -0.15) is 0 Å². The van der Waals surface area contributed by atoms with Gasteiger partial charge in [-0.3, -0.25) is 4.79 Å². The first kappa shape index (κ1) is 22.1. The van der Waals surface area contributed by atoms with Crippen LogP contribution in [0, 0.1) is 5.82 Å².